The molecule has 2 aliphatic rings. The molecule has 0 radical (unpaired) electrons. The lowest BCUT2D eigenvalue weighted by molar-refractivity contribution is -0.0229. The first-order valence-electron chi connectivity index (χ1n) is 12.5. The molecule has 5 rings (SSSR count). The Labute approximate surface area is 211 Å². The number of piperidine rings is 1. The minimum Gasteiger partial charge on any atom is -0.491 e. The van der Waals surface area contributed by atoms with Crippen LogP contribution in [0.5, 0.6) is 5.75 Å². The normalized spacial score (nSPS) is 17.7. The Morgan fingerprint density at radius 1 is 1.14 bits per heavy atom. The number of rotatable bonds is 5. The van der Waals surface area contributed by atoms with Gasteiger partial charge in [-0.05, 0) is 58.7 Å². The zero-order chi connectivity index (χ0) is 25.4. The van der Waals surface area contributed by atoms with Crippen LogP contribution in [0.3, 0.4) is 0 Å². The number of likely N-dealkylation sites (tertiary alicyclic amines) is 2. The molecule has 2 fully saturated rings. The Bertz CT molecular complexity index is 1290. The van der Waals surface area contributed by atoms with Gasteiger partial charge in [-0.3, -0.25) is 9.58 Å². The second-order valence-corrected chi connectivity index (χ2v) is 10.8. The molecule has 1 amide bonds. The van der Waals surface area contributed by atoms with Gasteiger partial charge in [0.2, 0.25) is 0 Å². The number of pyridine rings is 1. The van der Waals surface area contributed by atoms with Gasteiger partial charge < -0.3 is 14.4 Å². The number of amides is 1. The summed E-state index contributed by atoms with van der Waals surface area (Å²) in [5.41, 5.74) is 2.63. The van der Waals surface area contributed by atoms with Gasteiger partial charge in [-0.2, -0.15) is 15.5 Å². The van der Waals surface area contributed by atoms with Gasteiger partial charge in [0.05, 0.1) is 19.0 Å². The molecule has 0 bridgehead atoms. The van der Waals surface area contributed by atoms with Crippen LogP contribution in [0.2, 0.25) is 0 Å². The van der Waals surface area contributed by atoms with Crippen LogP contribution >= 0.6 is 0 Å². The summed E-state index contributed by atoms with van der Waals surface area (Å²) in [7, 11) is 1.88. The summed E-state index contributed by atoms with van der Waals surface area (Å²) in [5, 5.41) is 18.2. The predicted molar refractivity (Wildman–Crippen MR) is 133 cm³/mol. The molecule has 3 aromatic rings. The van der Waals surface area contributed by atoms with Crippen molar-refractivity contribution >= 4 is 11.6 Å². The van der Waals surface area contributed by atoms with Gasteiger partial charge in [-0.1, -0.05) is 0 Å². The first-order valence-corrected chi connectivity index (χ1v) is 12.5. The molecular weight excluding hydrogens is 458 g/mol. The van der Waals surface area contributed by atoms with Gasteiger partial charge in [0.25, 0.3) is 0 Å². The Morgan fingerprint density at radius 3 is 2.53 bits per heavy atom. The Hall–Kier alpha value is -3.58. The molecule has 3 aromatic heterocycles. The lowest BCUT2D eigenvalue weighted by Crippen LogP contribution is -2.62. The van der Waals surface area contributed by atoms with Crippen molar-refractivity contribution in [1.82, 2.24) is 29.2 Å². The molecule has 0 spiro atoms. The van der Waals surface area contributed by atoms with E-state index < -0.39 is 5.60 Å². The quantitative estimate of drug-likeness (QED) is 0.540. The number of hydrogen-bond donors (Lipinski definition) is 0. The summed E-state index contributed by atoms with van der Waals surface area (Å²) in [6, 6.07) is 4.60. The van der Waals surface area contributed by atoms with Crippen molar-refractivity contribution in [2.45, 2.75) is 45.3 Å². The monoisotopic (exact) mass is 491 g/mol. The fraction of sp³-hybridized carbons (Fsp3) is 0.538. The number of carbonyl (C=O) groups is 1. The highest BCUT2D eigenvalue weighted by atomic mass is 16.6. The number of aromatic nitrogens is 4. The van der Waals surface area contributed by atoms with E-state index in [-0.39, 0.29) is 6.09 Å². The van der Waals surface area contributed by atoms with Gasteiger partial charge in [-0.15, -0.1) is 0 Å². The fourth-order valence-corrected chi connectivity index (χ4v) is 4.86. The van der Waals surface area contributed by atoms with E-state index in [1.165, 1.54) is 0 Å². The van der Waals surface area contributed by atoms with Crippen LogP contribution in [0.1, 0.15) is 39.2 Å². The second-order valence-electron chi connectivity index (χ2n) is 10.8. The van der Waals surface area contributed by atoms with Crippen LogP contribution in [0.25, 0.3) is 16.6 Å². The van der Waals surface area contributed by atoms with E-state index in [0.29, 0.717) is 35.4 Å². The summed E-state index contributed by atoms with van der Waals surface area (Å²) in [4.78, 5) is 16.5. The van der Waals surface area contributed by atoms with Crippen molar-refractivity contribution in [1.29, 1.82) is 5.26 Å². The lowest BCUT2D eigenvalue weighted by Gasteiger charge is -2.47. The van der Waals surface area contributed by atoms with Gasteiger partial charge in [-0.25, -0.2) is 9.31 Å². The molecule has 0 aromatic carbocycles. The highest BCUT2D eigenvalue weighted by molar-refractivity contribution is 5.75. The van der Waals surface area contributed by atoms with Crippen LogP contribution < -0.4 is 4.74 Å². The summed E-state index contributed by atoms with van der Waals surface area (Å²) in [6.07, 6.45) is 9.07. The molecule has 5 heterocycles. The fourth-order valence-electron chi connectivity index (χ4n) is 4.86. The highest BCUT2D eigenvalue weighted by Gasteiger charge is 2.38. The number of fused-ring (bicyclic) bond motifs is 1. The lowest BCUT2D eigenvalue weighted by atomic mass is 9.95. The van der Waals surface area contributed by atoms with Crippen molar-refractivity contribution in [3.63, 3.8) is 0 Å². The molecule has 2 saturated heterocycles. The SMILES string of the molecule is Cn1cc(-c2cc(OCC3CCN(C4CN(C(=O)OC(C)(C)C)C4)CC3)c3c(C#N)cnn3c2)cn1. The van der Waals surface area contributed by atoms with Gasteiger partial charge in [0, 0.05) is 49.7 Å². The topological polar surface area (TPSA) is 101 Å². The molecule has 0 N–H and O–H groups in total. The average Bonchev–Trinajstić information content (AvgIpc) is 3.42. The summed E-state index contributed by atoms with van der Waals surface area (Å²) in [5.74, 6) is 1.10. The third kappa shape index (κ3) is 5.02. The first kappa shape index (κ1) is 24.1. The number of nitriles is 1. The van der Waals surface area contributed by atoms with E-state index in [1.54, 1.807) is 26.5 Å². The maximum absolute atomic E-state index is 12.2. The standard InChI is InChI=1S/C26H33N7O3/c1-26(2,3)36-25(34)32-15-22(16-32)31-7-5-18(6-8-31)17-35-23-9-19(21-12-28-30(4)13-21)14-33-24(23)20(10-27)11-29-33/h9,11-14,18,22H,5-8,15-17H2,1-4H3. The number of hydrogen-bond acceptors (Lipinski definition) is 7. The van der Waals surface area contributed by atoms with E-state index in [2.05, 4.69) is 21.2 Å². The molecule has 36 heavy (non-hydrogen) atoms. The minimum atomic E-state index is -0.464. The first-order chi connectivity index (χ1) is 17.2. The maximum atomic E-state index is 12.2. The van der Waals surface area contributed by atoms with E-state index in [0.717, 1.165) is 50.1 Å². The molecule has 0 aliphatic carbocycles. The summed E-state index contributed by atoms with van der Waals surface area (Å²) < 4.78 is 15.3. The largest absolute Gasteiger partial charge is 0.491 e. The molecule has 0 saturated carbocycles. The number of aryl methyl sites for hydroxylation is 1. The van der Waals surface area contributed by atoms with Crippen molar-refractivity contribution in [3.05, 3.63) is 36.4 Å². The van der Waals surface area contributed by atoms with E-state index in [1.807, 2.05) is 46.3 Å². The van der Waals surface area contributed by atoms with Gasteiger partial charge in [0.15, 0.2) is 0 Å². The Morgan fingerprint density at radius 2 is 1.89 bits per heavy atom. The van der Waals surface area contributed by atoms with Crippen LogP contribution in [-0.4, -0.2) is 79.7 Å². The summed E-state index contributed by atoms with van der Waals surface area (Å²) in [6.45, 7) is 9.70. The number of ether oxygens (including phenoxy) is 2. The average molecular weight is 492 g/mol. The van der Waals surface area contributed by atoms with Gasteiger partial charge >= 0.3 is 6.09 Å². The number of nitrogens with zero attached hydrogens (tertiary/aromatic N) is 7. The van der Waals surface area contributed by atoms with E-state index in [4.69, 9.17) is 9.47 Å². The number of carbonyl (C=O) groups excluding carboxylic acids is 1. The van der Waals surface area contributed by atoms with Gasteiger partial charge in [0.1, 0.15) is 28.5 Å². The van der Waals surface area contributed by atoms with Crippen molar-refractivity contribution < 1.29 is 14.3 Å². The second kappa shape index (κ2) is 9.47. The zero-order valence-electron chi connectivity index (χ0n) is 21.3. The van der Waals surface area contributed by atoms with Crippen LogP contribution in [0.15, 0.2) is 30.9 Å². The molecular formula is C26H33N7O3. The molecule has 10 nitrogen and oxygen atoms in total. The smallest absolute Gasteiger partial charge is 0.410 e. The predicted octanol–water partition coefficient (Wildman–Crippen LogP) is 3.32. The third-order valence-corrected chi connectivity index (χ3v) is 6.89. The minimum absolute atomic E-state index is 0.224. The third-order valence-electron chi connectivity index (χ3n) is 6.89. The highest BCUT2D eigenvalue weighted by Crippen LogP contribution is 2.31. The zero-order valence-corrected chi connectivity index (χ0v) is 21.3. The molecule has 0 unspecified atom stereocenters. The van der Waals surface area contributed by atoms with Crippen molar-refractivity contribution in [3.8, 4) is 22.9 Å². The Kier molecular flexibility index (Phi) is 6.35. The van der Waals surface area contributed by atoms with Crippen LogP contribution in [0.4, 0.5) is 4.79 Å². The van der Waals surface area contributed by atoms with E-state index >= 15 is 0 Å². The van der Waals surface area contributed by atoms with E-state index in [9.17, 15) is 10.1 Å². The molecule has 10 heteroatoms. The Balaban J connectivity index is 1.18. The molecule has 190 valence electrons. The molecule has 2 aliphatic heterocycles. The van der Waals surface area contributed by atoms with Crippen molar-refractivity contribution in [2.75, 3.05) is 32.8 Å². The summed E-state index contributed by atoms with van der Waals surface area (Å²) >= 11 is 0. The maximum Gasteiger partial charge on any atom is 0.410 e. The molecule has 0 atom stereocenters. The van der Waals surface area contributed by atoms with Crippen LogP contribution in [0, 0.1) is 17.2 Å². The van der Waals surface area contributed by atoms with Crippen LogP contribution in [-0.2, 0) is 11.8 Å². The van der Waals surface area contributed by atoms with Crippen molar-refractivity contribution in [2.24, 2.45) is 13.0 Å².